The molecular formula is C22H22ClN5O2. The summed E-state index contributed by atoms with van der Waals surface area (Å²) in [7, 11) is 1.66. The van der Waals surface area contributed by atoms with Gasteiger partial charge < -0.3 is 15.1 Å². The molecule has 1 aromatic heterocycles. The van der Waals surface area contributed by atoms with E-state index in [1.165, 1.54) is 11.8 Å². The van der Waals surface area contributed by atoms with Crippen molar-refractivity contribution < 1.29 is 9.59 Å². The van der Waals surface area contributed by atoms with E-state index in [0.717, 1.165) is 24.8 Å². The van der Waals surface area contributed by atoms with Crippen LogP contribution in [-0.4, -0.2) is 46.9 Å². The highest BCUT2D eigenvalue weighted by atomic mass is 35.5. The summed E-state index contributed by atoms with van der Waals surface area (Å²) in [5.41, 5.74) is 1.81. The van der Waals surface area contributed by atoms with Crippen molar-refractivity contribution in [2.75, 3.05) is 11.9 Å². The molecule has 2 aliphatic heterocycles. The molecule has 30 heavy (non-hydrogen) atoms. The maximum Gasteiger partial charge on any atom is 0.253 e. The SMILES string of the molecule is CC(=O)N(C)c1cccc(-c2ccc(C(=O)N[C@@H]3C[C@@H]4CC[C@H]3N4C#N)c(Cl)c2)n1. The molecule has 2 fully saturated rings. The van der Waals surface area contributed by atoms with Crippen LogP contribution in [0.25, 0.3) is 11.3 Å². The highest BCUT2D eigenvalue weighted by Crippen LogP contribution is 2.37. The standard InChI is InChI=1S/C22H22ClN5O2/c1-13(29)27(2)21-5-3-4-18(25-21)14-6-8-16(17(23)10-14)22(30)26-19-11-15-7-9-20(19)28(15)12-24/h3-6,8,10,15,19-20H,7,9,11H2,1-2H3,(H,26,30)/t15-,19+,20+/m0/s1. The van der Waals surface area contributed by atoms with Gasteiger partial charge in [0.05, 0.1) is 28.4 Å². The molecule has 0 unspecified atom stereocenters. The number of benzene rings is 1. The van der Waals surface area contributed by atoms with Gasteiger partial charge in [0, 0.05) is 25.6 Å². The lowest BCUT2D eigenvalue weighted by Gasteiger charge is -2.22. The summed E-state index contributed by atoms with van der Waals surface area (Å²) < 4.78 is 0. The van der Waals surface area contributed by atoms with Crippen molar-refractivity contribution in [2.24, 2.45) is 0 Å². The van der Waals surface area contributed by atoms with Crippen LogP contribution in [0.5, 0.6) is 0 Å². The average Bonchev–Trinajstić information content (AvgIpc) is 3.29. The Morgan fingerprint density at radius 1 is 1.30 bits per heavy atom. The van der Waals surface area contributed by atoms with E-state index in [-0.39, 0.29) is 29.9 Å². The third-order valence-corrected chi connectivity index (χ3v) is 6.34. The maximum absolute atomic E-state index is 12.8. The molecule has 7 nitrogen and oxygen atoms in total. The third-order valence-electron chi connectivity index (χ3n) is 6.03. The van der Waals surface area contributed by atoms with Crippen LogP contribution in [-0.2, 0) is 4.79 Å². The van der Waals surface area contributed by atoms with Gasteiger partial charge >= 0.3 is 0 Å². The Labute approximate surface area is 180 Å². The molecule has 0 spiro atoms. The van der Waals surface area contributed by atoms with Gasteiger partial charge in [0.1, 0.15) is 5.82 Å². The average molecular weight is 424 g/mol. The van der Waals surface area contributed by atoms with E-state index in [9.17, 15) is 14.9 Å². The predicted octanol–water partition coefficient (Wildman–Crippen LogP) is 3.20. The number of hydrogen-bond acceptors (Lipinski definition) is 5. The Balaban J connectivity index is 1.51. The fourth-order valence-corrected chi connectivity index (χ4v) is 4.60. The number of pyridine rings is 1. The Bertz CT molecular complexity index is 1050. The first-order valence-electron chi connectivity index (χ1n) is 9.89. The van der Waals surface area contributed by atoms with Crippen molar-refractivity contribution in [3.05, 3.63) is 47.0 Å². The van der Waals surface area contributed by atoms with Gasteiger partial charge in [-0.2, -0.15) is 5.26 Å². The van der Waals surface area contributed by atoms with Crippen molar-refractivity contribution in [1.29, 1.82) is 5.26 Å². The molecule has 1 aromatic carbocycles. The molecule has 2 amide bonds. The molecule has 2 saturated heterocycles. The van der Waals surface area contributed by atoms with E-state index in [4.69, 9.17) is 11.6 Å². The van der Waals surface area contributed by atoms with Gasteiger partial charge in [-0.3, -0.25) is 9.59 Å². The van der Waals surface area contributed by atoms with Crippen LogP contribution >= 0.6 is 11.6 Å². The van der Waals surface area contributed by atoms with E-state index in [0.29, 0.717) is 22.1 Å². The Morgan fingerprint density at radius 3 is 2.77 bits per heavy atom. The minimum absolute atomic E-state index is 0.0351. The summed E-state index contributed by atoms with van der Waals surface area (Å²) in [6, 6.07) is 10.9. The first-order valence-corrected chi connectivity index (χ1v) is 10.3. The molecule has 1 N–H and O–H groups in total. The second-order valence-corrected chi connectivity index (χ2v) is 8.18. The number of carbonyl (C=O) groups is 2. The molecule has 2 aliphatic rings. The number of nitriles is 1. The summed E-state index contributed by atoms with van der Waals surface area (Å²) in [6.07, 6.45) is 4.97. The van der Waals surface area contributed by atoms with Crippen molar-refractivity contribution in [1.82, 2.24) is 15.2 Å². The fourth-order valence-electron chi connectivity index (χ4n) is 4.34. The lowest BCUT2D eigenvalue weighted by Crippen LogP contribution is -2.43. The van der Waals surface area contributed by atoms with Gasteiger partial charge in [-0.15, -0.1) is 0 Å². The number of hydrogen-bond donors (Lipinski definition) is 1. The summed E-state index contributed by atoms with van der Waals surface area (Å²) in [5, 5.41) is 12.7. The van der Waals surface area contributed by atoms with E-state index in [1.54, 1.807) is 31.3 Å². The highest BCUT2D eigenvalue weighted by Gasteiger charge is 2.46. The molecule has 3 heterocycles. The van der Waals surface area contributed by atoms with Crippen LogP contribution in [0.1, 0.15) is 36.5 Å². The van der Waals surface area contributed by atoms with Gasteiger partial charge in [-0.05, 0) is 43.5 Å². The van der Waals surface area contributed by atoms with Crippen LogP contribution in [0, 0.1) is 11.5 Å². The van der Waals surface area contributed by atoms with E-state index >= 15 is 0 Å². The number of nitrogens with one attached hydrogen (secondary N) is 1. The quantitative estimate of drug-likeness (QED) is 0.763. The Kier molecular flexibility index (Phi) is 5.35. The van der Waals surface area contributed by atoms with Crippen molar-refractivity contribution >= 4 is 29.2 Å². The maximum atomic E-state index is 12.8. The largest absolute Gasteiger partial charge is 0.347 e. The molecule has 4 rings (SSSR count). The second-order valence-electron chi connectivity index (χ2n) is 7.78. The number of carbonyl (C=O) groups excluding carboxylic acids is 2. The van der Waals surface area contributed by atoms with E-state index < -0.39 is 0 Å². The third kappa shape index (κ3) is 3.59. The summed E-state index contributed by atoms with van der Waals surface area (Å²) in [6.45, 7) is 1.48. The molecule has 8 heteroatoms. The monoisotopic (exact) mass is 423 g/mol. The first-order chi connectivity index (χ1) is 14.4. The molecule has 3 atom stereocenters. The number of amides is 2. The summed E-state index contributed by atoms with van der Waals surface area (Å²) in [4.78, 5) is 32.2. The topological polar surface area (TPSA) is 89.3 Å². The zero-order chi connectivity index (χ0) is 21.4. The van der Waals surface area contributed by atoms with Gasteiger partial charge in [-0.1, -0.05) is 23.7 Å². The van der Waals surface area contributed by atoms with Crippen molar-refractivity contribution in [2.45, 2.75) is 44.3 Å². The van der Waals surface area contributed by atoms with E-state index in [1.807, 2.05) is 17.0 Å². The van der Waals surface area contributed by atoms with Crippen LogP contribution in [0.3, 0.4) is 0 Å². The molecule has 0 radical (unpaired) electrons. The Hall–Kier alpha value is -3.11. The summed E-state index contributed by atoms with van der Waals surface area (Å²) >= 11 is 6.43. The highest BCUT2D eigenvalue weighted by molar-refractivity contribution is 6.34. The van der Waals surface area contributed by atoms with Gasteiger partial charge in [-0.25, -0.2) is 4.98 Å². The second kappa shape index (κ2) is 7.96. The lowest BCUT2D eigenvalue weighted by molar-refractivity contribution is -0.116. The fraction of sp³-hybridized carbons (Fsp3) is 0.364. The molecule has 2 aromatic rings. The number of rotatable bonds is 4. The number of anilines is 1. The normalized spacial score (nSPS) is 21.9. The Morgan fingerprint density at radius 2 is 2.10 bits per heavy atom. The molecule has 0 saturated carbocycles. The van der Waals surface area contributed by atoms with Gasteiger partial charge in [0.2, 0.25) is 5.91 Å². The van der Waals surface area contributed by atoms with E-state index in [2.05, 4.69) is 16.5 Å². The smallest absolute Gasteiger partial charge is 0.253 e. The zero-order valence-electron chi connectivity index (χ0n) is 16.8. The van der Waals surface area contributed by atoms with Crippen molar-refractivity contribution in [3.8, 4) is 17.5 Å². The predicted molar refractivity (Wildman–Crippen MR) is 114 cm³/mol. The van der Waals surface area contributed by atoms with Crippen molar-refractivity contribution in [3.63, 3.8) is 0 Å². The summed E-state index contributed by atoms with van der Waals surface area (Å²) in [5.74, 6) is 0.191. The van der Waals surface area contributed by atoms with Crippen LogP contribution in [0.2, 0.25) is 5.02 Å². The minimum Gasteiger partial charge on any atom is -0.347 e. The number of aromatic nitrogens is 1. The van der Waals surface area contributed by atoms with Crippen LogP contribution in [0.4, 0.5) is 5.82 Å². The molecule has 0 aliphatic carbocycles. The number of halogens is 1. The molecular weight excluding hydrogens is 402 g/mol. The first kappa shape index (κ1) is 20.2. The zero-order valence-corrected chi connectivity index (χ0v) is 17.6. The lowest BCUT2D eigenvalue weighted by atomic mass is 9.95. The van der Waals surface area contributed by atoms with Crippen LogP contribution in [0.15, 0.2) is 36.4 Å². The molecule has 2 bridgehead atoms. The molecule has 154 valence electrons. The van der Waals surface area contributed by atoms with Gasteiger partial charge in [0.15, 0.2) is 6.19 Å². The number of nitrogens with zero attached hydrogens (tertiary/aromatic N) is 4. The van der Waals surface area contributed by atoms with Gasteiger partial charge in [0.25, 0.3) is 5.91 Å². The minimum atomic E-state index is -0.236. The number of fused-ring (bicyclic) bond motifs is 2. The van der Waals surface area contributed by atoms with Crippen LogP contribution < -0.4 is 10.2 Å².